The number of aromatic nitrogens is 1. The van der Waals surface area contributed by atoms with Crippen LogP contribution in [0.1, 0.15) is 36.3 Å². The number of hydrogen-bond acceptors (Lipinski definition) is 5. The van der Waals surface area contributed by atoms with Crippen molar-refractivity contribution in [3.8, 4) is 0 Å². The molecular formula is C10H13F3N2O2S. The molecule has 1 aromatic rings. The van der Waals surface area contributed by atoms with Gasteiger partial charge in [-0.1, -0.05) is 0 Å². The van der Waals surface area contributed by atoms with E-state index in [-0.39, 0.29) is 15.7 Å². The van der Waals surface area contributed by atoms with Crippen LogP contribution < -0.4 is 5.73 Å². The summed E-state index contributed by atoms with van der Waals surface area (Å²) in [4.78, 5) is 15.2. The minimum atomic E-state index is -4.38. The SMILES string of the molecule is CC(C)(C)OC(=O)c1nc(CC(F)(F)F)sc1N. The second-order valence-corrected chi connectivity index (χ2v) is 5.73. The highest BCUT2D eigenvalue weighted by atomic mass is 32.1. The predicted octanol–water partition coefficient (Wildman–Crippen LogP) is 2.79. The van der Waals surface area contributed by atoms with Gasteiger partial charge >= 0.3 is 12.1 Å². The number of nitrogen functional groups attached to an aromatic ring is 1. The normalized spacial score (nSPS) is 12.6. The van der Waals surface area contributed by atoms with Crippen molar-refractivity contribution in [1.82, 2.24) is 4.98 Å². The van der Waals surface area contributed by atoms with E-state index in [1.807, 2.05) is 0 Å². The summed E-state index contributed by atoms with van der Waals surface area (Å²) in [5, 5.41) is -0.315. The van der Waals surface area contributed by atoms with Crippen molar-refractivity contribution < 1.29 is 22.7 Å². The first-order chi connectivity index (χ1) is 7.98. The summed E-state index contributed by atoms with van der Waals surface area (Å²) < 4.78 is 41.5. The number of rotatable bonds is 2. The number of ether oxygens (including phenoxy) is 1. The zero-order valence-corrected chi connectivity index (χ0v) is 10.9. The van der Waals surface area contributed by atoms with Crippen molar-refractivity contribution in [2.45, 2.75) is 39.0 Å². The van der Waals surface area contributed by atoms with Crippen LogP contribution in [-0.4, -0.2) is 22.7 Å². The Morgan fingerprint density at radius 3 is 2.39 bits per heavy atom. The molecule has 0 saturated heterocycles. The van der Waals surface area contributed by atoms with Crippen molar-refractivity contribution in [1.29, 1.82) is 0 Å². The lowest BCUT2D eigenvalue weighted by molar-refractivity contribution is -0.127. The maximum atomic E-state index is 12.2. The number of hydrogen-bond donors (Lipinski definition) is 1. The number of halogens is 3. The number of nitrogens with two attached hydrogens (primary N) is 1. The van der Waals surface area contributed by atoms with Gasteiger partial charge in [-0.05, 0) is 20.8 Å². The lowest BCUT2D eigenvalue weighted by Crippen LogP contribution is -2.24. The molecule has 1 aromatic heterocycles. The van der Waals surface area contributed by atoms with Crippen LogP contribution in [0, 0.1) is 0 Å². The molecule has 0 bridgehead atoms. The fraction of sp³-hybridized carbons (Fsp3) is 0.600. The molecule has 102 valence electrons. The van der Waals surface area contributed by atoms with E-state index in [9.17, 15) is 18.0 Å². The fourth-order valence-electron chi connectivity index (χ4n) is 1.10. The van der Waals surface area contributed by atoms with Crippen LogP contribution in [0.5, 0.6) is 0 Å². The third-order valence-electron chi connectivity index (χ3n) is 1.64. The lowest BCUT2D eigenvalue weighted by Gasteiger charge is -2.18. The van der Waals surface area contributed by atoms with Crippen molar-refractivity contribution in [3.05, 3.63) is 10.7 Å². The quantitative estimate of drug-likeness (QED) is 0.847. The van der Waals surface area contributed by atoms with Crippen LogP contribution >= 0.6 is 11.3 Å². The monoisotopic (exact) mass is 282 g/mol. The third kappa shape index (κ3) is 4.52. The van der Waals surface area contributed by atoms with Crippen molar-refractivity contribution in [3.63, 3.8) is 0 Å². The van der Waals surface area contributed by atoms with Gasteiger partial charge in [0.1, 0.15) is 15.6 Å². The number of alkyl halides is 3. The van der Waals surface area contributed by atoms with Crippen LogP contribution in [0.25, 0.3) is 0 Å². The van der Waals surface area contributed by atoms with Gasteiger partial charge in [0.15, 0.2) is 5.69 Å². The summed E-state index contributed by atoms with van der Waals surface area (Å²) in [6, 6.07) is 0. The molecule has 0 saturated carbocycles. The standard InChI is InChI=1S/C10H13F3N2O2S/c1-9(2,3)17-8(16)6-7(14)18-5(15-6)4-10(11,12)13/h4,14H2,1-3H3. The van der Waals surface area contributed by atoms with E-state index in [1.54, 1.807) is 20.8 Å². The molecule has 0 aromatic carbocycles. The van der Waals surface area contributed by atoms with Crippen molar-refractivity contribution >= 4 is 22.3 Å². The summed E-state index contributed by atoms with van der Waals surface area (Å²) in [5.74, 6) is -0.815. The number of anilines is 1. The Morgan fingerprint density at radius 1 is 1.39 bits per heavy atom. The Bertz CT molecular complexity index is 449. The molecule has 1 heterocycles. The summed E-state index contributed by atoms with van der Waals surface area (Å²) >= 11 is 0.641. The van der Waals surface area contributed by atoms with Crippen LogP contribution in [0.3, 0.4) is 0 Å². The fourth-order valence-corrected chi connectivity index (χ4v) is 1.95. The van der Waals surface area contributed by atoms with E-state index in [0.717, 1.165) is 0 Å². The van der Waals surface area contributed by atoms with Gasteiger partial charge in [-0.3, -0.25) is 0 Å². The van der Waals surface area contributed by atoms with Crippen LogP contribution in [-0.2, 0) is 11.2 Å². The van der Waals surface area contributed by atoms with Crippen LogP contribution in [0.4, 0.5) is 18.2 Å². The average molecular weight is 282 g/mol. The molecule has 2 N–H and O–H groups in total. The van der Waals surface area contributed by atoms with Crippen molar-refractivity contribution in [2.75, 3.05) is 5.73 Å². The molecule has 0 fully saturated rings. The summed E-state index contributed by atoms with van der Waals surface area (Å²) in [6.07, 6.45) is -5.58. The number of esters is 1. The highest BCUT2D eigenvalue weighted by molar-refractivity contribution is 7.15. The third-order valence-corrected chi connectivity index (χ3v) is 2.53. The highest BCUT2D eigenvalue weighted by Crippen LogP contribution is 2.28. The molecule has 0 aliphatic carbocycles. The Hall–Kier alpha value is -1.31. The molecule has 4 nitrogen and oxygen atoms in total. The molecule has 0 aliphatic heterocycles. The second-order valence-electron chi connectivity index (χ2n) is 4.61. The summed E-state index contributed by atoms with van der Waals surface area (Å²) in [5.41, 5.74) is 4.46. The smallest absolute Gasteiger partial charge is 0.395 e. The molecular weight excluding hydrogens is 269 g/mol. The first-order valence-electron chi connectivity index (χ1n) is 5.03. The zero-order valence-electron chi connectivity index (χ0n) is 10.1. The molecule has 1 rings (SSSR count). The van der Waals surface area contributed by atoms with Crippen LogP contribution in [0.15, 0.2) is 0 Å². The molecule has 0 aliphatic rings. The van der Waals surface area contributed by atoms with Gasteiger partial charge in [0, 0.05) is 0 Å². The Balaban J connectivity index is 2.88. The molecule has 0 unspecified atom stereocenters. The maximum Gasteiger partial charge on any atom is 0.395 e. The number of carbonyl (C=O) groups excluding carboxylic acids is 1. The maximum absolute atomic E-state index is 12.2. The largest absolute Gasteiger partial charge is 0.455 e. The minimum Gasteiger partial charge on any atom is -0.455 e. The van der Waals surface area contributed by atoms with Gasteiger partial charge in [0.25, 0.3) is 0 Å². The van der Waals surface area contributed by atoms with E-state index in [2.05, 4.69) is 4.98 Å². The molecule has 0 radical (unpaired) electrons. The van der Waals surface area contributed by atoms with E-state index in [0.29, 0.717) is 11.3 Å². The van der Waals surface area contributed by atoms with Gasteiger partial charge in [-0.15, -0.1) is 11.3 Å². The molecule has 8 heteroatoms. The first-order valence-corrected chi connectivity index (χ1v) is 5.85. The number of carbonyl (C=O) groups is 1. The average Bonchev–Trinajstić information content (AvgIpc) is 2.39. The van der Waals surface area contributed by atoms with E-state index >= 15 is 0 Å². The van der Waals surface area contributed by atoms with Gasteiger partial charge < -0.3 is 10.5 Å². The molecule has 0 amide bonds. The first kappa shape index (κ1) is 14.7. The highest BCUT2D eigenvalue weighted by Gasteiger charge is 2.31. The Labute approximate surface area is 106 Å². The molecule has 0 spiro atoms. The Kier molecular flexibility index (Phi) is 3.89. The summed E-state index contributed by atoms with van der Waals surface area (Å²) in [7, 11) is 0. The molecule has 0 atom stereocenters. The lowest BCUT2D eigenvalue weighted by atomic mass is 10.2. The van der Waals surface area contributed by atoms with Gasteiger partial charge in [0.2, 0.25) is 0 Å². The summed E-state index contributed by atoms with van der Waals surface area (Å²) in [6.45, 7) is 4.93. The van der Waals surface area contributed by atoms with Gasteiger partial charge in [0.05, 0.1) is 6.42 Å². The topological polar surface area (TPSA) is 65.2 Å². The number of thiazole rings is 1. The van der Waals surface area contributed by atoms with Gasteiger partial charge in [-0.25, -0.2) is 9.78 Å². The van der Waals surface area contributed by atoms with E-state index < -0.39 is 24.2 Å². The van der Waals surface area contributed by atoms with Crippen LogP contribution in [0.2, 0.25) is 0 Å². The zero-order chi connectivity index (χ0) is 14.1. The van der Waals surface area contributed by atoms with E-state index in [1.165, 1.54) is 0 Å². The van der Waals surface area contributed by atoms with E-state index in [4.69, 9.17) is 10.5 Å². The molecule has 18 heavy (non-hydrogen) atoms. The predicted molar refractivity (Wildman–Crippen MR) is 61.5 cm³/mol. The second kappa shape index (κ2) is 4.75. The number of nitrogens with zero attached hydrogens (tertiary/aromatic N) is 1. The minimum absolute atomic E-state index is 0.0662. The van der Waals surface area contributed by atoms with Crippen molar-refractivity contribution in [2.24, 2.45) is 0 Å². The van der Waals surface area contributed by atoms with Gasteiger partial charge in [-0.2, -0.15) is 13.2 Å². The Morgan fingerprint density at radius 2 is 1.94 bits per heavy atom.